The number of amides is 4. The van der Waals surface area contributed by atoms with Gasteiger partial charge in [-0.25, -0.2) is 4.79 Å². The summed E-state index contributed by atoms with van der Waals surface area (Å²) in [6.45, 7) is 5.50. The van der Waals surface area contributed by atoms with Crippen LogP contribution >= 0.6 is 0 Å². The van der Waals surface area contributed by atoms with Gasteiger partial charge in [0.1, 0.15) is 12.1 Å². The van der Waals surface area contributed by atoms with Gasteiger partial charge in [0.25, 0.3) is 11.8 Å². The van der Waals surface area contributed by atoms with Crippen molar-refractivity contribution in [3.63, 3.8) is 0 Å². The standard InChI is InChI=1S/C19H23N3O6/c1-5-19(4)17(26)22(18(27)21-19)10-15(24)28-12(3)16(25)20-14-8-6-7-13(9-14)11(2)23/h6-9,12H,5,10H2,1-4H3,(H,20,25)(H,21,27)/t12-,19-/m0/s1. The predicted molar refractivity (Wildman–Crippen MR) is 99.6 cm³/mol. The van der Waals surface area contributed by atoms with E-state index in [-0.39, 0.29) is 5.78 Å². The minimum absolute atomic E-state index is 0.150. The van der Waals surface area contributed by atoms with Crippen molar-refractivity contribution in [1.29, 1.82) is 0 Å². The Morgan fingerprint density at radius 1 is 1.29 bits per heavy atom. The van der Waals surface area contributed by atoms with E-state index < -0.39 is 42.0 Å². The Hall–Kier alpha value is -3.23. The Morgan fingerprint density at radius 2 is 1.96 bits per heavy atom. The van der Waals surface area contributed by atoms with E-state index >= 15 is 0 Å². The number of urea groups is 1. The highest BCUT2D eigenvalue weighted by atomic mass is 16.5. The van der Waals surface area contributed by atoms with Crippen LogP contribution in [0.1, 0.15) is 44.5 Å². The van der Waals surface area contributed by atoms with Crippen molar-refractivity contribution >= 4 is 35.3 Å². The average molecular weight is 389 g/mol. The Kier molecular flexibility index (Phi) is 6.17. The summed E-state index contributed by atoms with van der Waals surface area (Å²) in [7, 11) is 0. The lowest BCUT2D eigenvalue weighted by Gasteiger charge is -2.19. The molecule has 0 spiro atoms. The van der Waals surface area contributed by atoms with Crippen molar-refractivity contribution in [2.75, 3.05) is 11.9 Å². The number of hydrogen-bond donors (Lipinski definition) is 2. The topological polar surface area (TPSA) is 122 Å². The van der Waals surface area contributed by atoms with Crippen LogP contribution in [0.4, 0.5) is 10.5 Å². The molecule has 2 N–H and O–H groups in total. The van der Waals surface area contributed by atoms with Crippen molar-refractivity contribution in [1.82, 2.24) is 10.2 Å². The molecule has 1 aromatic rings. The molecule has 9 heteroatoms. The maximum absolute atomic E-state index is 12.3. The van der Waals surface area contributed by atoms with Gasteiger partial charge >= 0.3 is 12.0 Å². The highest BCUT2D eigenvalue weighted by Crippen LogP contribution is 2.20. The SMILES string of the molecule is CC[C@]1(C)NC(=O)N(CC(=O)O[C@@H](C)C(=O)Nc2cccc(C(C)=O)c2)C1=O. The summed E-state index contributed by atoms with van der Waals surface area (Å²) in [6, 6.07) is 5.66. The normalized spacial score (nSPS) is 19.8. The largest absolute Gasteiger partial charge is 0.451 e. The van der Waals surface area contributed by atoms with Gasteiger partial charge in [-0.05, 0) is 39.3 Å². The summed E-state index contributed by atoms with van der Waals surface area (Å²) in [4.78, 5) is 60.7. The zero-order valence-electron chi connectivity index (χ0n) is 16.2. The Balaban J connectivity index is 1.94. The molecule has 0 saturated carbocycles. The number of imide groups is 1. The first-order valence-corrected chi connectivity index (χ1v) is 8.83. The molecule has 0 unspecified atom stereocenters. The van der Waals surface area contributed by atoms with Crippen molar-refractivity contribution in [3.05, 3.63) is 29.8 Å². The maximum atomic E-state index is 12.3. The molecule has 28 heavy (non-hydrogen) atoms. The lowest BCUT2D eigenvalue weighted by atomic mass is 9.99. The smallest absolute Gasteiger partial charge is 0.327 e. The average Bonchev–Trinajstić information content (AvgIpc) is 2.85. The van der Waals surface area contributed by atoms with Gasteiger partial charge in [0.05, 0.1) is 0 Å². The molecular formula is C19H23N3O6. The van der Waals surface area contributed by atoms with Gasteiger partial charge in [-0.3, -0.25) is 24.1 Å². The predicted octanol–water partition coefficient (Wildman–Crippen LogP) is 1.48. The molecule has 1 aromatic carbocycles. The number of carbonyl (C=O) groups excluding carboxylic acids is 5. The number of nitrogens with one attached hydrogen (secondary N) is 2. The lowest BCUT2D eigenvalue weighted by molar-refractivity contribution is -0.155. The van der Waals surface area contributed by atoms with Crippen molar-refractivity contribution < 1.29 is 28.7 Å². The third-order valence-corrected chi connectivity index (χ3v) is 4.55. The fraction of sp³-hybridized carbons (Fsp3) is 0.421. The Morgan fingerprint density at radius 3 is 2.54 bits per heavy atom. The summed E-state index contributed by atoms with van der Waals surface area (Å²) >= 11 is 0. The van der Waals surface area contributed by atoms with E-state index in [2.05, 4.69) is 10.6 Å². The molecule has 2 rings (SSSR count). The molecule has 1 heterocycles. The van der Waals surface area contributed by atoms with E-state index in [4.69, 9.17) is 4.74 Å². The molecule has 1 aliphatic heterocycles. The molecule has 2 atom stereocenters. The number of rotatable bonds is 7. The van der Waals surface area contributed by atoms with Gasteiger partial charge in [0.15, 0.2) is 11.9 Å². The monoisotopic (exact) mass is 389 g/mol. The fourth-order valence-corrected chi connectivity index (χ4v) is 2.61. The molecule has 0 aliphatic carbocycles. The number of hydrogen-bond acceptors (Lipinski definition) is 6. The van der Waals surface area contributed by atoms with E-state index in [9.17, 15) is 24.0 Å². The number of carbonyl (C=O) groups is 5. The first kappa shape index (κ1) is 21.1. The summed E-state index contributed by atoms with van der Waals surface area (Å²) in [6.07, 6.45) is -0.784. The van der Waals surface area contributed by atoms with Gasteiger partial charge in [-0.15, -0.1) is 0 Å². The van der Waals surface area contributed by atoms with Gasteiger partial charge in [0, 0.05) is 11.3 Å². The van der Waals surface area contributed by atoms with Crippen LogP contribution in [0, 0.1) is 0 Å². The zero-order chi connectivity index (χ0) is 21.1. The molecule has 0 aromatic heterocycles. The van der Waals surface area contributed by atoms with Crippen molar-refractivity contribution in [2.24, 2.45) is 0 Å². The zero-order valence-corrected chi connectivity index (χ0v) is 16.2. The highest BCUT2D eigenvalue weighted by Gasteiger charge is 2.47. The summed E-state index contributed by atoms with van der Waals surface area (Å²) in [5.74, 6) is -2.16. The summed E-state index contributed by atoms with van der Waals surface area (Å²) < 4.78 is 5.03. The quantitative estimate of drug-likeness (QED) is 0.414. The van der Waals surface area contributed by atoms with E-state index in [1.54, 1.807) is 32.0 Å². The second-order valence-electron chi connectivity index (χ2n) is 6.77. The molecule has 1 saturated heterocycles. The van der Waals surface area contributed by atoms with Crippen molar-refractivity contribution in [3.8, 4) is 0 Å². The van der Waals surface area contributed by atoms with Crippen LogP contribution in [-0.4, -0.2) is 52.7 Å². The van der Waals surface area contributed by atoms with Crippen LogP contribution in [0.5, 0.6) is 0 Å². The van der Waals surface area contributed by atoms with Gasteiger partial charge in [-0.2, -0.15) is 0 Å². The molecule has 1 fully saturated rings. The molecule has 1 aliphatic rings. The first-order valence-electron chi connectivity index (χ1n) is 8.83. The number of Topliss-reactive ketones (excluding diaryl/α,β-unsaturated/α-hetero) is 1. The van der Waals surface area contributed by atoms with Gasteiger partial charge in [-0.1, -0.05) is 19.1 Å². The van der Waals surface area contributed by atoms with Crippen LogP contribution in [0.15, 0.2) is 24.3 Å². The van der Waals surface area contributed by atoms with E-state index in [1.807, 2.05) is 0 Å². The number of benzene rings is 1. The second kappa shape index (κ2) is 8.20. The van der Waals surface area contributed by atoms with Gasteiger partial charge < -0.3 is 15.4 Å². The first-order chi connectivity index (χ1) is 13.1. The van der Waals surface area contributed by atoms with Crippen LogP contribution in [0.2, 0.25) is 0 Å². The number of esters is 1. The van der Waals surface area contributed by atoms with E-state index in [1.165, 1.54) is 19.9 Å². The van der Waals surface area contributed by atoms with E-state index in [0.29, 0.717) is 17.7 Å². The van der Waals surface area contributed by atoms with Crippen LogP contribution < -0.4 is 10.6 Å². The second-order valence-corrected chi connectivity index (χ2v) is 6.77. The third kappa shape index (κ3) is 4.54. The Labute approximate surface area is 162 Å². The molecule has 4 amide bonds. The number of ketones is 1. The summed E-state index contributed by atoms with van der Waals surface area (Å²) in [5, 5.41) is 5.08. The van der Waals surface area contributed by atoms with Crippen molar-refractivity contribution in [2.45, 2.75) is 45.8 Å². The van der Waals surface area contributed by atoms with Crippen LogP contribution in [-0.2, 0) is 19.1 Å². The van der Waals surface area contributed by atoms with Gasteiger partial charge in [0.2, 0.25) is 0 Å². The molecule has 0 radical (unpaired) electrons. The number of anilines is 1. The van der Waals surface area contributed by atoms with E-state index in [0.717, 1.165) is 4.90 Å². The molecular weight excluding hydrogens is 366 g/mol. The number of ether oxygens (including phenoxy) is 1. The minimum Gasteiger partial charge on any atom is -0.451 e. The molecule has 150 valence electrons. The fourth-order valence-electron chi connectivity index (χ4n) is 2.61. The third-order valence-electron chi connectivity index (χ3n) is 4.55. The highest BCUT2D eigenvalue weighted by molar-refractivity contribution is 6.08. The van der Waals surface area contributed by atoms with Crippen LogP contribution in [0.3, 0.4) is 0 Å². The lowest BCUT2D eigenvalue weighted by Crippen LogP contribution is -2.44. The van der Waals surface area contributed by atoms with Crippen LogP contribution in [0.25, 0.3) is 0 Å². The number of nitrogens with zero attached hydrogens (tertiary/aromatic N) is 1. The molecule has 0 bridgehead atoms. The Bertz CT molecular complexity index is 837. The molecule has 9 nitrogen and oxygen atoms in total. The minimum atomic E-state index is -1.16. The maximum Gasteiger partial charge on any atom is 0.327 e. The summed E-state index contributed by atoms with van der Waals surface area (Å²) in [5.41, 5.74) is -0.240.